The summed E-state index contributed by atoms with van der Waals surface area (Å²) in [6.45, 7) is 2.58. The van der Waals surface area contributed by atoms with Crippen molar-refractivity contribution in [3.63, 3.8) is 0 Å². The van der Waals surface area contributed by atoms with Crippen LogP contribution in [0.25, 0.3) is 0 Å². The Kier molecular flexibility index (Phi) is 4.37. The van der Waals surface area contributed by atoms with E-state index in [4.69, 9.17) is 0 Å². The van der Waals surface area contributed by atoms with Crippen molar-refractivity contribution in [3.8, 4) is 0 Å². The molecule has 1 saturated carbocycles. The van der Waals surface area contributed by atoms with Gasteiger partial charge in [0.2, 0.25) is 0 Å². The molecule has 0 aliphatic heterocycles. The van der Waals surface area contributed by atoms with E-state index < -0.39 is 0 Å². The summed E-state index contributed by atoms with van der Waals surface area (Å²) in [6.07, 6.45) is 3.47. The van der Waals surface area contributed by atoms with Gasteiger partial charge in [0.05, 0.1) is 11.0 Å². The van der Waals surface area contributed by atoms with Gasteiger partial charge >= 0.3 is 0 Å². The van der Waals surface area contributed by atoms with Crippen molar-refractivity contribution in [1.29, 1.82) is 0 Å². The number of aliphatic hydroxyl groups is 1. The van der Waals surface area contributed by atoms with Gasteiger partial charge in [0.1, 0.15) is 5.69 Å². The number of nitro benzene ring substituents is 1. The van der Waals surface area contributed by atoms with Gasteiger partial charge in [-0.1, -0.05) is 6.07 Å². The summed E-state index contributed by atoms with van der Waals surface area (Å²) < 4.78 is 0. The third-order valence-electron chi connectivity index (χ3n) is 3.75. The number of aryl methyl sites for hydroxylation is 1. The number of hydrogen-bond acceptors (Lipinski definition) is 4. The van der Waals surface area contributed by atoms with Gasteiger partial charge in [-0.05, 0) is 50.2 Å². The van der Waals surface area contributed by atoms with Crippen molar-refractivity contribution in [1.82, 2.24) is 0 Å². The van der Waals surface area contributed by atoms with Crippen molar-refractivity contribution in [3.05, 3.63) is 33.9 Å². The van der Waals surface area contributed by atoms with Gasteiger partial charge in [-0.2, -0.15) is 0 Å². The molecule has 5 heteroatoms. The average molecular weight is 264 g/mol. The molecule has 0 radical (unpaired) electrons. The minimum Gasteiger partial charge on any atom is -0.393 e. The molecule has 1 aromatic rings. The molecule has 0 spiro atoms. The van der Waals surface area contributed by atoms with Gasteiger partial charge in [0, 0.05) is 12.6 Å². The van der Waals surface area contributed by atoms with Crippen LogP contribution in [0.15, 0.2) is 18.2 Å². The number of nitro groups is 1. The zero-order valence-corrected chi connectivity index (χ0v) is 11.1. The second-order valence-corrected chi connectivity index (χ2v) is 5.33. The van der Waals surface area contributed by atoms with Crippen LogP contribution in [0, 0.1) is 23.0 Å². The Labute approximate surface area is 112 Å². The van der Waals surface area contributed by atoms with Gasteiger partial charge in [-0.3, -0.25) is 10.1 Å². The van der Waals surface area contributed by atoms with E-state index in [1.807, 2.05) is 13.0 Å². The van der Waals surface area contributed by atoms with Crippen molar-refractivity contribution in [2.45, 2.75) is 38.7 Å². The number of nitrogens with one attached hydrogen (secondary N) is 1. The molecule has 19 heavy (non-hydrogen) atoms. The van der Waals surface area contributed by atoms with E-state index in [2.05, 4.69) is 5.32 Å². The third kappa shape index (κ3) is 3.67. The molecule has 1 aliphatic rings. The van der Waals surface area contributed by atoms with E-state index >= 15 is 0 Å². The van der Waals surface area contributed by atoms with Crippen LogP contribution in [0.3, 0.4) is 0 Å². The van der Waals surface area contributed by atoms with Crippen molar-refractivity contribution in [2.75, 3.05) is 11.9 Å². The normalized spacial score (nSPS) is 23.1. The van der Waals surface area contributed by atoms with Crippen LogP contribution in [-0.4, -0.2) is 22.7 Å². The van der Waals surface area contributed by atoms with Crippen LogP contribution < -0.4 is 5.32 Å². The van der Waals surface area contributed by atoms with Gasteiger partial charge in [0.15, 0.2) is 0 Å². The van der Waals surface area contributed by atoms with E-state index in [0.717, 1.165) is 37.8 Å². The largest absolute Gasteiger partial charge is 0.393 e. The molecule has 1 aromatic carbocycles. The van der Waals surface area contributed by atoms with E-state index in [1.54, 1.807) is 12.1 Å². The van der Waals surface area contributed by atoms with Crippen molar-refractivity contribution in [2.24, 2.45) is 5.92 Å². The average Bonchev–Trinajstić information content (AvgIpc) is 2.39. The minimum absolute atomic E-state index is 0.135. The molecular formula is C14H20N2O3. The first-order chi connectivity index (χ1) is 9.06. The molecule has 0 bridgehead atoms. The number of rotatable bonds is 4. The lowest BCUT2D eigenvalue weighted by Gasteiger charge is -2.25. The second-order valence-electron chi connectivity index (χ2n) is 5.33. The SMILES string of the molecule is Cc1ccc(NCC2CCC(O)CC2)c([N+](=O)[O-])c1. The molecule has 104 valence electrons. The first-order valence-corrected chi connectivity index (χ1v) is 6.73. The van der Waals surface area contributed by atoms with E-state index in [1.165, 1.54) is 0 Å². The fourth-order valence-corrected chi connectivity index (χ4v) is 2.55. The zero-order chi connectivity index (χ0) is 13.8. The summed E-state index contributed by atoms with van der Waals surface area (Å²) in [7, 11) is 0. The summed E-state index contributed by atoms with van der Waals surface area (Å²) in [5.41, 5.74) is 1.61. The Morgan fingerprint density at radius 3 is 2.68 bits per heavy atom. The van der Waals surface area contributed by atoms with Gasteiger partial charge in [0.25, 0.3) is 5.69 Å². The lowest BCUT2D eigenvalue weighted by molar-refractivity contribution is -0.384. The van der Waals surface area contributed by atoms with Crippen LogP contribution in [-0.2, 0) is 0 Å². The molecule has 0 saturated heterocycles. The molecule has 1 aliphatic carbocycles. The Hall–Kier alpha value is -1.62. The van der Waals surface area contributed by atoms with Crippen molar-refractivity contribution < 1.29 is 10.0 Å². The molecule has 1 fully saturated rings. The predicted octanol–water partition coefficient (Wildman–Crippen LogP) is 2.87. The summed E-state index contributed by atoms with van der Waals surface area (Å²) in [4.78, 5) is 10.7. The number of hydrogen-bond donors (Lipinski definition) is 2. The first-order valence-electron chi connectivity index (χ1n) is 6.73. The van der Waals surface area contributed by atoms with Crippen LogP contribution in [0.5, 0.6) is 0 Å². The molecule has 2 rings (SSSR count). The standard InChI is InChI=1S/C14H20N2O3/c1-10-2-7-13(14(8-10)16(18)19)15-9-11-3-5-12(17)6-4-11/h2,7-8,11-12,15,17H,3-6,9H2,1H3. The van der Waals surface area contributed by atoms with Crippen molar-refractivity contribution >= 4 is 11.4 Å². The van der Waals surface area contributed by atoms with Crippen LogP contribution >= 0.6 is 0 Å². The van der Waals surface area contributed by atoms with Gasteiger partial charge in [-0.25, -0.2) is 0 Å². The predicted molar refractivity (Wildman–Crippen MR) is 74.3 cm³/mol. The summed E-state index contributed by atoms with van der Waals surface area (Å²) in [5.74, 6) is 0.490. The van der Waals surface area contributed by atoms with Crippen LogP contribution in [0.4, 0.5) is 11.4 Å². The fourth-order valence-electron chi connectivity index (χ4n) is 2.55. The molecule has 0 atom stereocenters. The lowest BCUT2D eigenvalue weighted by Crippen LogP contribution is -2.23. The maximum absolute atomic E-state index is 11.0. The van der Waals surface area contributed by atoms with Crippen LogP contribution in [0.1, 0.15) is 31.2 Å². The van der Waals surface area contributed by atoms with Gasteiger partial charge in [-0.15, -0.1) is 0 Å². The summed E-state index contributed by atoms with van der Waals surface area (Å²) in [5, 5.41) is 23.6. The molecule has 0 heterocycles. The molecule has 0 amide bonds. The monoisotopic (exact) mass is 264 g/mol. The third-order valence-corrected chi connectivity index (χ3v) is 3.75. The van der Waals surface area contributed by atoms with Crippen LogP contribution in [0.2, 0.25) is 0 Å². The van der Waals surface area contributed by atoms with E-state index in [0.29, 0.717) is 11.6 Å². The highest BCUT2D eigenvalue weighted by Crippen LogP contribution is 2.28. The smallest absolute Gasteiger partial charge is 0.292 e. The van der Waals surface area contributed by atoms with E-state index in [9.17, 15) is 15.2 Å². The number of aliphatic hydroxyl groups excluding tert-OH is 1. The number of nitrogens with zero attached hydrogens (tertiary/aromatic N) is 1. The molecule has 2 N–H and O–H groups in total. The number of benzene rings is 1. The topological polar surface area (TPSA) is 75.4 Å². The Bertz CT molecular complexity index is 454. The Morgan fingerprint density at radius 1 is 1.37 bits per heavy atom. The maximum atomic E-state index is 11.0. The maximum Gasteiger partial charge on any atom is 0.292 e. The minimum atomic E-state index is -0.347. The van der Waals surface area contributed by atoms with E-state index in [-0.39, 0.29) is 16.7 Å². The highest BCUT2D eigenvalue weighted by atomic mass is 16.6. The second kappa shape index (κ2) is 6.02. The summed E-state index contributed by atoms with van der Waals surface area (Å²) >= 11 is 0. The first kappa shape index (κ1) is 13.8. The quantitative estimate of drug-likeness (QED) is 0.647. The highest BCUT2D eigenvalue weighted by Gasteiger charge is 2.20. The lowest BCUT2D eigenvalue weighted by atomic mass is 9.87. The van der Waals surface area contributed by atoms with Gasteiger partial charge < -0.3 is 10.4 Å². The molecule has 0 unspecified atom stereocenters. The fraction of sp³-hybridized carbons (Fsp3) is 0.571. The molecular weight excluding hydrogens is 244 g/mol. The Balaban J connectivity index is 1.97. The molecule has 0 aromatic heterocycles. The Morgan fingerprint density at radius 2 is 2.05 bits per heavy atom. The summed E-state index contributed by atoms with van der Waals surface area (Å²) in [6, 6.07) is 5.23. The number of anilines is 1. The highest BCUT2D eigenvalue weighted by molar-refractivity contribution is 5.62. The molecule has 5 nitrogen and oxygen atoms in total. The zero-order valence-electron chi connectivity index (χ0n) is 11.1.